The molecule has 1 aromatic heterocycles. The number of benzene rings is 2. The van der Waals surface area contributed by atoms with Gasteiger partial charge in [-0.05, 0) is 60.0 Å². The van der Waals surface area contributed by atoms with E-state index in [1.54, 1.807) is 42.5 Å². The first-order chi connectivity index (χ1) is 15.6. The van der Waals surface area contributed by atoms with Gasteiger partial charge in [-0.25, -0.2) is 8.42 Å². The van der Waals surface area contributed by atoms with Crippen molar-refractivity contribution in [1.29, 1.82) is 0 Å². The third-order valence-corrected chi connectivity index (χ3v) is 6.96. The Bertz CT molecular complexity index is 1210. The summed E-state index contributed by atoms with van der Waals surface area (Å²) in [5.74, 6) is -0.0871. The van der Waals surface area contributed by atoms with E-state index in [4.69, 9.17) is 16.0 Å². The predicted octanol–water partition coefficient (Wildman–Crippen LogP) is 5.10. The Hall–Kier alpha value is -2.81. The third-order valence-electron chi connectivity index (χ3n) is 4.91. The number of carbonyl (C=O) groups is 1. The first-order valence-electron chi connectivity index (χ1n) is 10.5. The molecule has 0 saturated carbocycles. The van der Waals surface area contributed by atoms with E-state index in [1.165, 1.54) is 16.6 Å². The van der Waals surface area contributed by atoms with Crippen molar-refractivity contribution >= 4 is 38.9 Å². The minimum absolute atomic E-state index is 0.101. The molecule has 1 heterocycles. The first-order valence-corrected chi connectivity index (χ1v) is 12.3. The number of anilines is 2. The van der Waals surface area contributed by atoms with Crippen molar-refractivity contribution in [3.63, 3.8) is 0 Å². The van der Waals surface area contributed by atoms with Crippen LogP contribution in [0.1, 0.15) is 30.0 Å². The zero-order valence-electron chi connectivity index (χ0n) is 19.1. The molecule has 0 aliphatic rings. The number of amides is 1. The fourth-order valence-corrected chi connectivity index (χ4v) is 5.33. The van der Waals surface area contributed by atoms with Crippen LogP contribution in [-0.4, -0.2) is 39.3 Å². The molecular weight excluding hydrogens is 462 g/mol. The summed E-state index contributed by atoms with van der Waals surface area (Å²) in [5, 5.41) is 3.16. The van der Waals surface area contributed by atoms with Gasteiger partial charge in [-0.15, -0.1) is 0 Å². The van der Waals surface area contributed by atoms with Crippen molar-refractivity contribution in [1.82, 2.24) is 4.31 Å². The molecule has 0 saturated heterocycles. The minimum Gasteiger partial charge on any atom is -0.459 e. The van der Waals surface area contributed by atoms with Crippen molar-refractivity contribution in [2.75, 3.05) is 30.9 Å². The molecule has 0 bridgehead atoms. The summed E-state index contributed by atoms with van der Waals surface area (Å²) in [6.07, 6.45) is 1.43. The molecule has 176 valence electrons. The number of hydrogen-bond acceptors (Lipinski definition) is 5. The molecule has 0 aliphatic carbocycles. The molecule has 1 N–H and O–H groups in total. The van der Waals surface area contributed by atoms with Crippen LogP contribution in [0.5, 0.6) is 0 Å². The normalized spacial score (nSPS) is 11.7. The summed E-state index contributed by atoms with van der Waals surface area (Å²) in [5.41, 5.74) is 2.14. The second kappa shape index (κ2) is 10.4. The van der Waals surface area contributed by atoms with E-state index < -0.39 is 10.0 Å². The van der Waals surface area contributed by atoms with Crippen LogP contribution in [-0.2, 0) is 16.6 Å². The molecule has 0 spiro atoms. The van der Waals surface area contributed by atoms with Crippen molar-refractivity contribution in [3.8, 4) is 0 Å². The Morgan fingerprint density at radius 1 is 1.09 bits per heavy atom. The van der Waals surface area contributed by atoms with Crippen LogP contribution in [0, 0.1) is 5.92 Å². The van der Waals surface area contributed by atoms with Crippen LogP contribution >= 0.6 is 11.6 Å². The van der Waals surface area contributed by atoms with Crippen molar-refractivity contribution in [3.05, 3.63) is 77.2 Å². The third kappa shape index (κ3) is 6.16. The van der Waals surface area contributed by atoms with Gasteiger partial charge in [-0.1, -0.05) is 31.5 Å². The monoisotopic (exact) mass is 489 g/mol. The van der Waals surface area contributed by atoms with E-state index in [2.05, 4.69) is 5.32 Å². The molecule has 9 heteroatoms. The summed E-state index contributed by atoms with van der Waals surface area (Å²) >= 11 is 6.06. The maximum atomic E-state index is 13.5. The van der Waals surface area contributed by atoms with Gasteiger partial charge in [-0.3, -0.25) is 4.79 Å². The summed E-state index contributed by atoms with van der Waals surface area (Å²) in [6, 6.07) is 14.9. The highest BCUT2D eigenvalue weighted by Gasteiger charge is 2.27. The fourth-order valence-electron chi connectivity index (χ4n) is 3.45. The van der Waals surface area contributed by atoms with Crippen LogP contribution in [0.25, 0.3) is 0 Å². The molecule has 0 aliphatic heterocycles. The average Bonchev–Trinajstić information content (AvgIpc) is 3.28. The lowest BCUT2D eigenvalue weighted by molar-refractivity contribution is 0.0996. The molecule has 3 aromatic rings. The highest BCUT2D eigenvalue weighted by atomic mass is 35.5. The lowest BCUT2D eigenvalue weighted by Crippen LogP contribution is -2.34. The molecule has 1 amide bonds. The molecular formula is C24H28ClN3O4S. The van der Waals surface area contributed by atoms with E-state index >= 15 is 0 Å². The Morgan fingerprint density at radius 3 is 2.45 bits per heavy atom. The topological polar surface area (TPSA) is 82.9 Å². The van der Waals surface area contributed by atoms with Crippen molar-refractivity contribution in [2.45, 2.75) is 25.3 Å². The Kier molecular flexibility index (Phi) is 7.84. The van der Waals surface area contributed by atoms with Gasteiger partial charge in [0.2, 0.25) is 10.0 Å². The van der Waals surface area contributed by atoms with E-state index in [-0.39, 0.29) is 29.0 Å². The quantitative estimate of drug-likeness (QED) is 0.452. The number of rotatable bonds is 9. The van der Waals surface area contributed by atoms with Gasteiger partial charge < -0.3 is 14.6 Å². The number of carbonyl (C=O) groups excluding carboxylic acids is 1. The average molecular weight is 490 g/mol. The van der Waals surface area contributed by atoms with Gasteiger partial charge in [-0.2, -0.15) is 4.31 Å². The van der Waals surface area contributed by atoms with Gasteiger partial charge in [0.05, 0.1) is 11.2 Å². The van der Waals surface area contributed by atoms with Crippen LogP contribution in [0.2, 0.25) is 5.02 Å². The maximum Gasteiger partial charge on any atom is 0.291 e. The summed E-state index contributed by atoms with van der Waals surface area (Å²) in [6.45, 7) is 4.39. The Balaban J connectivity index is 1.97. The number of halogens is 1. The van der Waals surface area contributed by atoms with Gasteiger partial charge in [0.1, 0.15) is 0 Å². The zero-order chi connectivity index (χ0) is 24.2. The summed E-state index contributed by atoms with van der Waals surface area (Å²) < 4.78 is 33.6. The zero-order valence-corrected chi connectivity index (χ0v) is 20.7. The number of hydrogen-bond donors (Lipinski definition) is 1. The molecule has 2 aromatic carbocycles. The molecule has 0 fully saturated rings. The Morgan fingerprint density at radius 2 is 1.85 bits per heavy atom. The van der Waals surface area contributed by atoms with E-state index in [0.29, 0.717) is 17.3 Å². The number of sulfonamides is 1. The molecule has 0 atom stereocenters. The number of nitrogens with zero attached hydrogens (tertiary/aromatic N) is 2. The number of nitrogens with one attached hydrogen (secondary N) is 1. The molecule has 3 rings (SSSR count). The van der Waals surface area contributed by atoms with Gasteiger partial charge >= 0.3 is 0 Å². The highest BCUT2D eigenvalue weighted by Crippen LogP contribution is 2.28. The van der Waals surface area contributed by atoms with Crippen LogP contribution < -0.4 is 10.2 Å². The summed E-state index contributed by atoms with van der Waals surface area (Å²) in [4.78, 5) is 14.5. The standard InChI is InChI=1S/C24H28ClN3O4S/c1-17(2)15-28(33(30,31)21-8-5-7-19(25)14-21)16-18-13-20(10-11-22(18)27(3)4)26-24(29)23-9-6-12-32-23/h5-14,17H,15-16H2,1-4H3,(H,26,29). The lowest BCUT2D eigenvalue weighted by atomic mass is 10.1. The predicted molar refractivity (Wildman–Crippen MR) is 131 cm³/mol. The SMILES string of the molecule is CC(C)CN(Cc1cc(NC(=O)c2ccco2)ccc1N(C)C)S(=O)(=O)c1cccc(Cl)c1. The van der Waals surface area contributed by atoms with Crippen molar-refractivity contribution in [2.24, 2.45) is 5.92 Å². The van der Waals surface area contributed by atoms with Crippen LogP contribution in [0.15, 0.2) is 70.2 Å². The molecule has 0 unspecified atom stereocenters. The molecule has 33 heavy (non-hydrogen) atoms. The summed E-state index contributed by atoms with van der Waals surface area (Å²) in [7, 11) is -0.0284. The van der Waals surface area contributed by atoms with Gasteiger partial charge in [0, 0.05) is 43.6 Å². The van der Waals surface area contributed by atoms with Crippen molar-refractivity contribution < 1.29 is 17.6 Å². The maximum absolute atomic E-state index is 13.5. The largest absolute Gasteiger partial charge is 0.459 e. The first kappa shape index (κ1) is 24.8. The van der Waals surface area contributed by atoms with E-state index in [9.17, 15) is 13.2 Å². The van der Waals surface area contributed by atoms with Gasteiger partial charge in [0.15, 0.2) is 5.76 Å². The highest BCUT2D eigenvalue weighted by molar-refractivity contribution is 7.89. The molecule has 0 radical (unpaired) electrons. The minimum atomic E-state index is -3.80. The van der Waals surface area contributed by atoms with E-state index in [0.717, 1.165) is 11.3 Å². The fraction of sp³-hybridized carbons (Fsp3) is 0.292. The second-order valence-electron chi connectivity index (χ2n) is 8.32. The van der Waals surface area contributed by atoms with Crippen LogP contribution in [0.4, 0.5) is 11.4 Å². The van der Waals surface area contributed by atoms with Crippen LogP contribution in [0.3, 0.4) is 0 Å². The lowest BCUT2D eigenvalue weighted by Gasteiger charge is -2.27. The molecule has 7 nitrogen and oxygen atoms in total. The van der Waals surface area contributed by atoms with Gasteiger partial charge in [0.25, 0.3) is 5.91 Å². The smallest absolute Gasteiger partial charge is 0.291 e. The second-order valence-corrected chi connectivity index (χ2v) is 10.7. The number of furan rings is 1. The Labute approximate surface area is 200 Å². The van der Waals surface area contributed by atoms with E-state index in [1.807, 2.05) is 38.9 Å².